The van der Waals surface area contributed by atoms with Gasteiger partial charge in [-0.1, -0.05) is 44.2 Å². The minimum Gasteiger partial charge on any atom is -0.489 e. The van der Waals surface area contributed by atoms with E-state index in [-0.39, 0.29) is 18.3 Å². The number of urea groups is 1. The van der Waals surface area contributed by atoms with Gasteiger partial charge in [-0.25, -0.2) is 14.0 Å². The fraction of sp³-hybridized carbons (Fsp3) is 0.304. The van der Waals surface area contributed by atoms with Crippen LogP contribution in [0.2, 0.25) is 0 Å². The normalized spacial score (nSPS) is 16.2. The van der Waals surface area contributed by atoms with Gasteiger partial charge in [-0.15, -0.1) is 0 Å². The first-order valence-corrected chi connectivity index (χ1v) is 9.76. The lowest BCUT2D eigenvalue weighted by Crippen LogP contribution is -2.45. The molecule has 0 saturated heterocycles. The van der Waals surface area contributed by atoms with Crippen LogP contribution < -0.4 is 15.4 Å². The molecular formula is C23H25FN2O4. The summed E-state index contributed by atoms with van der Waals surface area (Å²) in [4.78, 5) is 24.6. The SMILES string of the molecule is CC1=C(C(=O)OCC(C)C)C(c2ccc(OCc3ccccc3F)cc2)NC(=O)N1. The summed E-state index contributed by atoms with van der Waals surface area (Å²) in [5.41, 5.74) is 1.98. The molecule has 2 N–H and O–H groups in total. The van der Waals surface area contributed by atoms with E-state index in [2.05, 4.69) is 10.6 Å². The molecule has 0 spiro atoms. The maximum Gasteiger partial charge on any atom is 0.338 e. The molecule has 6 nitrogen and oxygen atoms in total. The summed E-state index contributed by atoms with van der Waals surface area (Å²) in [5, 5.41) is 5.39. The van der Waals surface area contributed by atoms with Crippen molar-refractivity contribution in [3.05, 3.63) is 76.7 Å². The first-order chi connectivity index (χ1) is 14.3. The Morgan fingerprint density at radius 2 is 1.83 bits per heavy atom. The Balaban J connectivity index is 1.75. The van der Waals surface area contributed by atoms with Gasteiger partial charge in [-0.2, -0.15) is 0 Å². The van der Waals surface area contributed by atoms with Crippen molar-refractivity contribution in [1.29, 1.82) is 0 Å². The van der Waals surface area contributed by atoms with Crippen molar-refractivity contribution in [3.63, 3.8) is 0 Å². The summed E-state index contributed by atoms with van der Waals surface area (Å²) in [6.45, 7) is 5.96. The molecular weight excluding hydrogens is 387 g/mol. The zero-order valence-electron chi connectivity index (χ0n) is 17.2. The van der Waals surface area contributed by atoms with E-state index in [0.717, 1.165) is 0 Å². The van der Waals surface area contributed by atoms with Crippen LogP contribution in [0.3, 0.4) is 0 Å². The van der Waals surface area contributed by atoms with Gasteiger partial charge in [0.2, 0.25) is 0 Å². The Labute approximate surface area is 175 Å². The number of hydrogen-bond donors (Lipinski definition) is 2. The minimum atomic E-state index is -0.640. The molecule has 2 amide bonds. The van der Waals surface area contributed by atoms with Crippen LogP contribution in [-0.4, -0.2) is 18.6 Å². The van der Waals surface area contributed by atoms with Gasteiger partial charge in [0.15, 0.2) is 0 Å². The monoisotopic (exact) mass is 412 g/mol. The molecule has 1 heterocycles. The molecule has 0 aliphatic carbocycles. The second-order valence-corrected chi connectivity index (χ2v) is 7.51. The topological polar surface area (TPSA) is 76.7 Å². The molecule has 2 aromatic rings. The van der Waals surface area contributed by atoms with Gasteiger partial charge in [0.1, 0.15) is 18.2 Å². The predicted molar refractivity (Wildman–Crippen MR) is 110 cm³/mol. The van der Waals surface area contributed by atoms with Crippen molar-refractivity contribution in [3.8, 4) is 5.75 Å². The maximum absolute atomic E-state index is 13.7. The lowest BCUT2D eigenvalue weighted by atomic mass is 9.95. The molecule has 158 valence electrons. The molecule has 0 radical (unpaired) electrons. The Kier molecular flexibility index (Phi) is 6.72. The third-order valence-corrected chi connectivity index (χ3v) is 4.60. The summed E-state index contributed by atoms with van der Waals surface area (Å²) in [7, 11) is 0. The van der Waals surface area contributed by atoms with Gasteiger partial charge in [-0.05, 0) is 36.6 Å². The van der Waals surface area contributed by atoms with Crippen LogP contribution in [0.5, 0.6) is 5.75 Å². The minimum absolute atomic E-state index is 0.0991. The number of halogens is 1. The highest BCUT2D eigenvalue weighted by atomic mass is 19.1. The Hall–Kier alpha value is -3.35. The third-order valence-electron chi connectivity index (χ3n) is 4.60. The average Bonchev–Trinajstić information content (AvgIpc) is 2.71. The van der Waals surface area contributed by atoms with E-state index < -0.39 is 18.0 Å². The van der Waals surface area contributed by atoms with E-state index in [1.54, 1.807) is 49.4 Å². The van der Waals surface area contributed by atoms with Gasteiger partial charge in [0.05, 0.1) is 18.2 Å². The van der Waals surface area contributed by atoms with Crippen LogP contribution in [-0.2, 0) is 16.1 Å². The molecule has 1 aliphatic rings. The van der Waals surface area contributed by atoms with Crippen molar-refractivity contribution < 1.29 is 23.5 Å². The molecule has 3 rings (SSSR count). The van der Waals surface area contributed by atoms with E-state index in [0.29, 0.717) is 34.8 Å². The predicted octanol–water partition coefficient (Wildman–Crippen LogP) is 4.23. The zero-order chi connectivity index (χ0) is 21.7. The second-order valence-electron chi connectivity index (χ2n) is 7.51. The first kappa shape index (κ1) is 21.4. The van der Waals surface area contributed by atoms with Crippen LogP contribution in [0.1, 0.15) is 37.9 Å². The van der Waals surface area contributed by atoms with Gasteiger partial charge in [-0.3, -0.25) is 0 Å². The van der Waals surface area contributed by atoms with Crippen molar-refractivity contribution in [2.24, 2.45) is 5.92 Å². The summed E-state index contributed by atoms with van der Waals surface area (Å²) in [6.07, 6.45) is 0. The largest absolute Gasteiger partial charge is 0.489 e. The molecule has 1 atom stereocenters. The molecule has 30 heavy (non-hydrogen) atoms. The summed E-state index contributed by atoms with van der Waals surface area (Å²) >= 11 is 0. The molecule has 1 unspecified atom stereocenters. The van der Waals surface area contributed by atoms with Gasteiger partial charge >= 0.3 is 12.0 Å². The number of benzene rings is 2. The number of hydrogen-bond acceptors (Lipinski definition) is 4. The Bertz CT molecular complexity index is 954. The number of carbonyl (C=O) groups excluding carboxylic acids is 2. The molecule has 0 saturated carbocycles. The van der Waals surface area contributed by atoms with Crippen molar-refractivity contribution >= 4 is 12.0 Å². The van der Waals surface area contributed by atoms with Crippen molar-refractivity contribution in [2.75, 3.05) is 6.61 Å². The maximum atomic E-state index is 13.7. The van der Waals surface area contributed by atoms with E-state index >= 15 is 0 Å². The molecule has 0 fully saturated rings. The number of rotatable bonds is 7. The quantitative estimate of drug-likeness (QED) is 0.667. The fourth-order valence-corrected chi connectivity index (χ4v) is 3.07. The summed E-state index contributed by atoms with van der Waals surface area (Å²) in [5.74, 6) is -0.0486. The van der Waals surface area contributed by atoms with Crippen molar-refractivity contribution in [2.45, 2.75) is 33.4 Å². The fourth-order valence-electron chi connectivity index (χ4n) is 3.07. The highest BCUT2D eigenvalue weighted by molar-refractivity contribution is 5.95. The standard InChI is InChI=1S/C23H25FN2O4/c1-14(2)12-30-22(27)20-15(3)25-23(28)26-21(20)16-8-10-18(11-9-16)29-13-17-6-4-5-7-19(17)24/h4-11,14,21H,12-13H2,1-3H3,(H2,25,26,28). The molecule has 7 heteroatoms. The van der Waals surface area contributed by atoms with E-state index in [4.69, 9.17) is 9.47 Å². The van der Waals surface area contributed by atoms with Gasteiger partial charge in [0, 0.05) is 11.3 Å². The summed E-state index contributed by atoms with van der Waals surface area (Å²) in [6, 6.07) is 12.4. The second kappa shape index (κ2) is 9.43. The highest BCUT2D eigenvalue weighted by Gasteiger charge is 2.32. The third kappa shape index (κ3) is 5.17. The van der Waals surface area contributed by atoms with E-state index in [1.165, 1.54) is 6.07 Å². The molecule has 0 aromatic heterocycles. The number of nitrogens with one attached hydrogen (secondary N) is 2. The lowest BCUT2D eigenvalue weighted by molar-refractivity contribution is -0.140. The molecule has 1 aliphatic heterocycles. The Morgan fingerprint density at radius 1 is 1.13 bits per heavy atom. The zero-order valence-corrected chi connectivity index (χ0v) is 17.2. The first-order valence-electron chi connectivity index (χ1n) is 9.76. The highest BCUT2D eigenvalue weighted by Crippen LogP contribution is 2.29. The van der Waals surface area contributed by atoms with E-state index in [9.17, 15) is 14.0 Å². The Morgan fingerprint density at radius 3 is 2.50 bits per heavy atom. The van der Waals surface area contributed by atoms with Crippen molar-refractivity contribution in [1.82, 2.24) is 10.6 Å². The number of carbonyl (C=O) groups is 2. The van der Waals surface area contributed by atoms with Crippen LogP contribution >= 0.6 is 0 Å². The van der Waals surface area contributed by atoms with Crippen LogP contribution in [0.25, 0.3) is 0 Å². The number of esters is 1. The lowest BCUT2D eigenvalue weighted by Gasteiger charge is -2.28. The van der Waals surface area contributed by atoms with Gasteiger partial charge < -0.3 is 20.1 Å². The van der Waals surface area contributed by atoms with Crippen LogP contribution in [0.4, 0.5) is 9.18 Å². The van der Waals surface area contributed by atoms with E-state index in [1.807, 2.05) is 13.8 Å². The summed E-state index contributed by atoms with van der Waals surface area (Å²) < 4.78 is 24.8. The number of allylic oxidation sites excluding steroid dienone is 1. The van der Waals surface area contributed by atoms with Crippen LogP contribution in [0.15, 0.2) is 59.8 Å². The van der Waals surface area contributed by atoms with Crippen LogP contribution in [0, 0.1) is 11.7 Å². The number of ether oxygens (including phenoxy) is 2. The molecule has 2 aromatic carbocycles. The number of amides is 2. The van der Waals surface area contributed by atoms with Gasteiger partial charge in [0.25, 0.3) is 0 Å². The smallest absolute Gasteiger partial charge is 0.338 e. The molecule has 0 bridgehead atoms. The average molecular weight is 412 g/mol.